The van der Waals surface area contributed by atoms with Gasteiger partial charge in [-0.25, -0.2) is 4.39 Å². The molecule has 1 unspecified atom stereocenters. The van der Waals surface area contributed by atoms with Crippen molar-refractivity contribution in [2.24, 2.45) is 5.73 Å². The first kappa shape index (κ1) is 13.6. The Morgan fingerprint density at radius 1 is 1.00 bits per heavy atom. The summed E-state index contributed by atoms with van der Waals surface area (Å²) in [5.74, 6) is 0.632. The first-order chi connectivity index (χ1) is 9.02. The summed E-state index contributed by atoms with van der Waals surface area (Å²) in [4.78, 5) is 0. The highest BCUT2D eigenvalue weighted by molar-refractivity contribution is 5.41. The quantitative estimate of drug-likeness (QED) is 0.915. The largest absolute Gasteiger partial charge is 0.496 e. The minimum atomic E-state index is -0.260. The molecule has 2 aromatic carbocycles. The van der Waals surface area contributed by atoms with Gasteiger partial charge in [0.15, 0.2) is 0 Å². The van der Waals surface area contributed by atoms with Crippen molar-refractivity contribution in [2.45, 2.75) is 19.9 Å². The summed E-state index contributed by atoms with van der Waals surface area (Å²) in [6, 6.07) is 10.6. The van der Waals surface area contributed by atoms with E-state index >= 15 is 0 Å². The summed E-state index contributed by atoms with van der Waals surface area (Å²) in [6.07, 6.45) is 0. The molecule has 1 atom stereocenters. The van der Waals surface area contributed by atoms with Crippen molar-refractivity contribution in [3.63, 3.8) is 0 Å². The molecule has 0 saturated carbocycles. The van der Waals surface area contributed by atoms with Crippen LogP contribution >= 0.6 is 0 Å². The Kier molecular flexibility index (Phi) is 3.86. The van der Waals surface area contributed by atoms with Crippen LogP contribution in [-0.2, 0) is 0 Å². The standard InChI is InChI=1S/C16H18FNO/c1-10-8-12(4-6-14(10)17)16(18)13-5-7-15(19-3)11(2)9-13/h4-9,16H,18H2,1-3H3. The molecule has 19 heavy (non-hydrogen) atoms. The van der Waals surface area contributed by atoms with Crippen molar-refractivity contribution in [3.8, 4) is 5.75 Å². The maximum Gasteiger partial charge on any atom is 0.126 e. The van der Waals surface area contributed by atoms with E-state index in [-0.39, 0.29) is 11.9 Å². The van der Waals surface area contributed by atoms with Crippen molar-refractivity contribution >= 4 is 0 Å². The molecule has 3 heteroatoms. The lowest BCUT2D eigenvalue weighted by molar-refractivity contribution is 0.411. The minimum absolute atomic E-state index is 0.207. The molecular weight excluding hydrogens is 241 g/mol. The molecule has 0 spiro atoms. The lowest BCUT2D eigenvalue weighted by Gasteiger charge is -2.15. The van der Waals surface area contributed by atoms with Crippen molar-refractivity contribution in [2.75, 3.05) is 7.11 Å². The van der Waals surface area contributed by atoms with Crippen LogP contribution in [0.4, 0.5) is 4.39 Å². The Bertz CT molecular complexity index is 595. The molecule has 2 rings (SSSR count). The minimum Gasteiger partial charge on any atom is -0.496 e. The number of hydrogen-bond acceptors (Lipinski definition) is 2. The Morgan fingerprint density at radius 2 is 1.58 bits per heavy atom. The Morgan fingerprint density at radius 3 is 2.11 bits per heavy atom. The summed E-state index contributed by atoms with van der Waals surface area (Å²) >= 11 is 0. The zero-order valence-corrected chi connectivity index (χ0v) is 11.4. The molecule has 2 N–H and O–H groups in total. The topological polar surface area (TPSA) is 35.2 Å². The summed E-state index contributed by atoms with van der Waals surface area (Å²) in [6.45, 7) is 3.72. The summed E-state index contributed by atoms with van der Waals surface area (Å²) < 4.78 is 18.5. The molecule has 0 saturated heterocycles. The highest BCUT2D eigenvalue weighted by Gasteiger charge is 2.11. The van der Waals surface area contributed by atoms with E-state index in [9.17, 15) is 4.39 Å². The number of halogens is 1. The van der Waals surface area contributed by atoms with Gasteiger partial charge in [-0.3, -0.25) is 0 Å². The second-order valence-corrected chi connectivity index (χ2v) is 4.72. The first-order valence-corrected chi connectivity index (χ1v) is 6.19. The van der Waals surface area contributed by atoms with Crippen LogP contribution in [0.25, 0.3) is 0 Å². The van der Waals surface area contributed by atoms with Crippen LogP contribution in [0.15, 0.2) is 36.4 Å². The molecule has 0 radical (unpaired) electrons. The fourth-order valence-corrected chi connectivity index (χ4v) is 2.15. The molecule has 2 aromatic rings. The summed E-state index contributed by atoms with van der Waals surface area (Å²) in [5.41, 5.74) is 9.77. The number of ether oxygens (including phenoxy) is 1. The zero-order valence-electron chi connectivity index (χ0n) is 11.4. The third-order valence-electron chi connectivity index (χ3n) is 3.32. The van der Waals surface area contributed by atoms with Gasteiger partial charge >= 0.3 is 0 Å². The lowest BCUT2D eigenvalue weighted by atomic mass is 9.96. The van der Waals surface area contributed by atoms with Crippen LogP contribution < -0.4 is 10.5 Å². The third-order valence-corrected chi connectivity index (χ3v) is 3.32. The van der Waals surface area contributed by atoms with Gasteiger partial charge in [-0.1, -0.05) is 24.3 Å². The van der Waals surface area contributed by atoms with Crippen LogP contribution in [0.5, 0.6) is 5.75 Å². The van der Waals surface area contributed by atoms with E-state index in [4.69, 9.17) is 10.5 Å². The van der Waals surface area contributed by atoms with Gasteiger partial charge in [-0.2, -0.15) is 0 Å². The van der Waals surface area contributed by atoms with E-state index in [2.05, 4.69) is 0 Å². The normalized spacial score (nSPS) is 12.3. The van der Waals surface area contributed by atoms with E-state index in [1.54, 1.807) is 26.2 Å². The van der Waals surface area contributed by atoms with Crippen LogP contribution in [0.3, 0.4) is 0 Å². The smallest absolute Gasteiger partial charge is 0.126 e. The molecular formula is C16H18FNO. The second kappa shape index (κ2) is 5.41. The van der Waals surface area contributed by atoms with Gasteiger partial charge in [-0.15, -0.1) is 0 Å². The SMILES string of the molecule is COc1ccc(C(N)c2ccc(F)c(C)c2)cc1C. The van der Waals surface area contributed by atoms with E-state index in [0.717, 1.165) is 22.4 Å². The zero-order chi connectivity index (χ0) is 14.0. The predicted molar refractivity (Wildman–Crippen MR) is 74.9 cm³/mol. The van der Waals surface area contributed by atoms with Gasteiger partial charge < -0.3 is 10.5 Å². The molecule has 0 fully saturated rings. The third kappa shape index (κ3) is 2.76. The fraction of sp³-hybridized carbons (Fsp3) is 0.250. The number of benzene rings is 2. The highest BCUT2D eigenvalue weighted by Crippen LogP contribution is 2.26. The molecule has 0 aliphatic heterocycles. The highest BCUT2D eigenvalue weighted by atomic mass is 19.1. The fourth-order valence-electron chi connectivity index (χ4n) is 2.15. The number of rotatable bonds is 3. The van der Waals surface area contributed by atoms with Crippen molar-refractivity contribution in [1.29, 1.82) is 0 Å². The van der Waals surface area contributed by atoms with Gasteiger partial charge in [0.05, 0.1) is 13.2 Å². The van der Waals surface area contributed by atoms with E-state index in [1.165, 1.54) is 6.07 Å². The Balaban J connectivity index is 2.35. The molecule has 0 aromatic heterocycles. The molecule has 0 bridgehead atoms. The molecule has 2 nitrogen and oxygen atoms in total. The van der Waals surface area contributed by atoms with Crippen LogP contribution in [0.2, 0.25) is 0 Å². The van der Waals surface area contributed by atoms with Crippen LogP contribution in [0.1, 0.15) is 28.3 Å². The second-order valence-electron chi connectivity index (χ2n) is 4.72. The molecule has 100 valence electrons. The number of aryl methyl sites for hydroxylation is 2. The van der Waals surface area contributed by atoms with Gasteiger partial charge in [0, 0.05) is 0 Å². The van der Waals surface area contributed by atoms with Crippen molar-refractivity contribution < 1.29 is 9.13 Å². The average molecular weight is 259 g/mol. The number of hydrogen-bond donors (Lipinski definition) is 1. The number of nitrogens with two attached hydrogens (primary N) is 1. The molecule has 0 aliphatic rings. The van der Waals surface area contributed by atoms with Gasteiger partial charge in [0.2, 0.25) is 0 Å². The maximum atomic E-state index is 13.3. The van der Waals surface area contributed by atoms with Crippen molar-refractivity contribution in [3.05, 3.63) is 64.5 Å². The monoisotopic (exact) mass is 259 g/mol. The summed E-state index contributed by atoms with van der Waals surface area (Å²) in [5, 5.41) is 0. The van der Waals surface area contributed by atoms with Gasteiger partial charge in [-0.05, 0) is 48.2 Å². The Hall–Kier alpha value is -1.87. The van der Waals surface area contributed by atoms with Crippen molar-refractivity contribution in [1.82, 2.24) is 0 Å². The molecule has 0 amide bonds. The summed E-state index contributed by atoms with van der Waals surface area (Å²) in [7, 11) is 1.64. The number of methoxy groups -OCH3 is 1. The van der Waals surface area contributed by atoms with Gasteiger partial charge in [0.25, 0.3) is 0 Å². The maximum absolute atomic E-state index is 13.3. The molecule has 0 heterocycles. The lowest BCUT2D eigenvalue weighted by Crippen LogP contribution is -2.12. The molecule has 0 aliphatic carbocycles. The first-order valence-electron chi connectivity index (χ1n) is 6.19. The van der Waals surface area contributed by atoms with E-state index in [1.807, 2.05) is 25.1 Å². The van der Waals surface area contributed by atoms with E-state index in [0.29, 0.717) is 5.56 Å². The predicted octanol–water partition coefficient (Wildman–Crippen LogP) is 3.50. The van der Waals surface area contributed by atoms with E-state index < -0.39 is 0 Å². The average Bonchev–Trinajstić information content (AvgIpc) is 2.41. The van der Waals surface area contributed by atoms with Crippen LogP contribution in [-0.4, -0.2) is 7.11 Å². The Labute approximate surface area is 113 Å². The van der Waals surface area contributed by atoms with Crippen LogP contribution in [0, 0.1) is 19.7 Å². The van der Waals surface area contributed by atoms with Gasteiger partial charge in [0.1, 0.15) is 11.6 Å².